The molecule has 0 radical (unpaired) electrons. The summed E-state index contributed by atoms with van der Waals surface area (Å²) in [5, 5.41) is 26.7. The van der Waals surface area contributed by atoms with Crippen LogP contribution in [0.5, 0.6) is 0 Å². The van der Waals surface area contributed by atoms with Crippen molar-refractivity contribution < 1.29 is 14.6 Å². The van der Waals surface area contributed by atoms with Crippen LogP contribution in [0.1, 0.15) is 6.42 Å². The van der Waals surface area contributed by atoms with Gasteiger partial charge in [-0.2, -0.15) is 0 Å². The van der Waals surface area contributed by atoms with Crippen LogP contribution in [0.2, 0.25) is 0 Å². The number of hydrogen-bond acceptors (Lipinski definition) is 7. The number of anilines is 2. The fourth-order valence-electron chi connectivity index (χ4n) is 2.71. The maximum atomic E-state index is 12.1. The molecule has 10 nitrogen and oxygen atoms in total. The summed E-state index contributed by atoms with van der Waals surface area (Å²) < 4.78 is 0. The van der Waals surface area contributed by atoms with E-state index in [1.807, 2.05) is 42.5 Å². The molecule has 3 rings (SSSR count). The van der Waals surface area contributed by atoms with Crippen molar-refractivity contribution in [3.63, 3.8) is 0 Å². The zero-order valence-electron chi connectivity index (χ0n) is 15.1. The van der Waals surface area contributed by atoms with Gasteiger partial charge in [-0.1, -0.05) is 30.3 Å². The largest absolute Gasteiger partial charge is 0.326 e. The summed E-state index contributed by atoms with van der Waals surface area (Å²) >= 11 is 0. The predicted octanol–water partition coefficient (Wildman–Crippen LogP) is 3.60. The van der Waals surface area contributed by atoms with Gasteiger partial charge in [0.25, 0.3) is 5.69 Å². The maximum Gasteiger partial charge on any atom is 0.300 e. The van der Waals surface area contributed by atoms with Crippen molar-refractivity contribution in [1.82, 2.24) is 5.43 Å². The molecule has 0 atom stereocenters. The Kier molecular flexibility index (Phi) is 5.95. The second-order valence-corrected chi connectivity index (χ2v) is 6.13. The minimum atomic E-state index is -0.719. The number of fused-ring (bicyclic) bond motifs is 1. The lowest BCUT2D eigenvalue weighted by Crippen LogP contribution is -2.27. The molecule has 0 aliphatic carbocycles. The SMILES string of the molecule is O=C(CCNNc1ccc([N+](=O)[O-])cc1[N+](=O)[O-])Nc1ccc2ccccc2c1. The molecule has 0 aliphatic heterocycles. The molecule has 29 heavy (non-hydrogen) atoms. The molecule has 3 N–H and O–H groups in total. The number of amides is 1. The number of rotatable bonds is 8. The number of nitro groups is 2. The van der Waals surface area contributed by atoms with Gasteiger partial charge in [-0.25, -0.2) is 5.43 Å². The molecule has 0 unspecified atom stereocenters. The van der Waals surface area contributed by atoms with Gasteiger partial charge in [0.15, 0.2) is 0 Å². The van der Waals surface area contributed by atoms with Gasteiger partial charge in [-0.05, 0) is 29.0 Å². The van der Waals surface area contributed by atoms with Gasteiger partial charge < -0.3 is 10.7 Å². The van der Waals surface area contributed by atoms with Gasteiger partial charge in [-0.15, -0.1) is 0 Å². The van der Waals surface area contributed by atoms with Crippen LogP contribution in [-0.2, 0) is 4.79 Å². The highest BCUT2D eigenvalue weighted by Crippen LogP contribution is 2.28. The average Bonchev–Trinajstić information content (AvgIpc) is 2.71. The maximum absolute atomic E-state index is 12.1. The lowest BCUT2D eigenvalue weighted by molar-refractivity contribution is -0.393. The highest BCUT2D eigenvalue weighted by Gasteiger charge is 2.19. The Labute approximate surface area is 164 Å². The zero-order valence-corrected chi connectivity index (χ0v) is 15.1. The number of hydrogen-bond donors (Lipinski definition) is 3. The van der Waals surface area contributed by atoms with Gasteiger partial charge in [0, 0.05) is 24.7 Å². The van der Waals surface area contributed by atoms with Crippen molar-refractivity contribution in [2.75, 3.05) is 17.3 Å². The van der Waals surface area contributed by atoms with Crippen molar-refractivity contribution >= 4 is 39.4 Å². The molecule has 10 heteroatoms. The second-order valence-electron chi connectivity index (χ2n) is 6.13. The molecule has 3 aromatic carbocycles. The third-order valence-corrected chi connectivity index (χ3v) is 4.12. The van der Waals surface area contributed by atoms with E-state index in [-0.39, 0.29) is 30.2 Å². The molecule has 0 aliphatic rings. The van der Waals surface area contributed by atoms with E-state index in [2.05, 4.69) is 16.2 Å². The number of nitrogens with one attached hydrogen (secondary N) is 3. The van der Waals surface area contributed by atoms with Gasteiger partial charge >= 0.3 is 5.69 Å². The molecule has 148 valence electrons. The first-order valence-corrected chi connectivity index (χ1v) is 8.64. The first kappa shape index (κ1) is 19.7. The van der Waals surface area contributed by atoms with E-state index in [0.29, 0.717) is 5.69 Å². The molecule has 0 aromatic heterocycles. The Morgan fingerprint density at radius 3 is 2.38 bits per heavy atom. The third kappa shape index (κ3) is 5.02. The minimum Gasteiger partial charge on any atom is -0.326 e. The van der Waals surface area contributed by atoms with E-state index in [1.165, 1.54) is 6.07 Å². The Morgan fingerprint density at radius 1 is 0.897 bits per heavy atom. The Hall–Kier alpha value is -4.05. The second kappa shape index (κ2) is 8.76. The van der Waals surface area contributed by atoms with Crippen LogP contribution in [0.25, 0.3) is 10.8 Å². The molecule has 0 saturated heterocycles. The van der Waals surface area contributed by atoms with Crippen molar-refractivity contribution in [2.24, 2.45) is 0 Å². The van der Waals surface area contributed by atoms with E-state index in [4.69, 9.17) is 0 Å². The van der Waals surface area contributed by atoms with Crippen molar-refractivity contribution in [3.05, 3.63) is 80.9 Å². The quantitative estimate of drug-likeness (QED) is 0.301. The fourth-order valence-corrected chi connectivity index (χ4v) is 2.71. The molecular weight excluding hydrogens is 378 g/mol. The molecule has 0 heterocycles. The van der Waals surface area contributed by atoms with E-state index in [9.17, 15) is 25.0 Å². The summed E-state index contributed by atoms with van der Waals surface area (Å²) in [4.78, 5) is 32.5. The number of nitro benzene ring substituents is 2. The van der Waals surface area contributed by atoms with Crippen LogP contribution in [0.4, 0.5) is 22.7 Å². The van der Waals surface area contributed by atoms with E-state index < -0.39 is 15.5 Å². The highest BCUT2D eigenvalue weighted by atomic mass is 16.6. The molecule has 0 bridgehead atoms. The number of carbonyl (C=O) groups is 1. The van der Waals surface area contributed by atoms with Gasteiger partial charge in [0.1, 0.15) is 5.69 Å². The predicted molar refractivity (Wildman–Crippen MR) is 109 cm³/mol. The first-order chi connectivity index (χ1) is 13.9. The smallest absolute Gasteiger partial charge is 0.300 e. The summed E-state index contributed by atoms with van der Waals surface area (Å²) in [5.74, 6) is -0.229. The molecular formula is C19H17N5O5. The molecule has 1 amide bonds. The van der Waals surface area contributed by atoms with Crippen LogP contribution >= 0.6 is 0 Å². The normalized spacial score (nSPS) is 10.5. The highest BCUT2D eigenvalue weighted by molar-refractivity contribution is 5.94. The van der Waals surface area contributed by atoms with Gasteiger partial charge in [0.2, 0.25) is 5.91 Å². The van der Waals surface area contributed by atoms with Crippen LogP contribution in [0.15, 0.2) is 60.7 Å². The van der Waals surface area contributed by atoms with Crippen molar-refractivity contribution in [3.8, 4) is 0 Å². The number of non-ortho nitro benzene ring substituents is 1. The summed E-state index contributed by atoms with van der Waals surface area (Å²) in [5.41, 5.74) is 5.24. The van der Waals surface area contributed by atoms with Crippen LogP contribution in [0, 0.1) is 20.2 Å². The average molecular weight is 395 g/mol. The summed E-state index contributed by atoms with van der Waals surface area (Å²) in [6.45, 7) is 0.188. The lowest BCUT2D eigenvalue weighted by atomic mass is 10.1. The minimum absolute atomic E-state index is 0.0653. The molecule has 0 spiro atoms. The van der Waals surface area contributed by atoms with Gasteiger partial charge in [0.05, 0.1) is 15.9 Å². The van der Waals surface area contributed by atoms with Crippen LogP contribution in [-0.4, -0.2) is 22.3 Å². The molecule has 0 saturated carbocycles. The fraction of sp³-hybridized carbons (Fsp3) is 0.105. The Bertz CT molecular complexity index is 1090. The van der Waals surface area contributed by atoms with E-state index in [0.717, 1.165) is 22.9 Å². The Morgan fingerprint density at radius 2 is 1.66 bits per heavy atom. The van der Waals surface area contributed by atoms with Crippen LogP contribution in [0.3, 0.4) is 0 Å². The van der Waals surface area contributed by atoms with Gasteiger partial charge in [-0.3, -0.25) is 25.0 Å². The Balaban J connectivity index is 1.52. The first-order valence-electron chi connectivity index (χ1n) is 8.64. The summed E-state index contributed by atoms with van der Waals surface area (Å²) in [7, 11) is 0. The standard InChI is InChI=1S/C19H17N5O5/c25-19(21-15-6-5-13-3-1-2-4-14(13)11-15)9-10-20-22-17-8-7-16(23(26)27)12-18(17)24(28)29/h1-8,11-12,20,22H,9-10H2,(H,21,25). The third-order valence-electron chi connectivity index (χ3n) is 4.12. The summed E-state index contributed by atoms with van der Waals surface area (Å²) in [6, 6.07) is 16.7. The molecule has 3 aromatic rings. The summed E-state index contributed by atoms with van der Waals surface area (Å²) in [6.07, 6.45) is 0.112. The zero-order chi connectivity index (χ0) is 20.8. The number of carbonyl (C=O) groups excluding carboxylic acids is 1. The molecule has 0 fully saturated rings. The van der Waals surface area contributed by atoms with Crippen molar-refractivity contribution in [2.45, 2.75) is 6.42 Å². The number of hydrazine groups is 1. The van der Waals surface area contributed by atoms with Crippen molar-refractivity contribution in [1.29, 1.82) is 0 Å². The van der Waals surface area contributed by atoms with E-state index >= 15 is 0 Å². The van der Waals surface area contributed by atoms with Crippen LogP contribution < -0.4 is 16.2 Å². The van der Waals surface area contributed by atoms with E-state index in [1.54, 1.807) is 0 Å². The number of benzene rings is 3. The monoisotopic (exact) mass is 395 g/mol. The topological polar surface area (TPSA) is 139 Å². The number of nitrogens with zero attached hydrogens (tertiary/aromatic N) is 2. The lowest BCUT2D eigenvalue weighted by Gasteiger charge is -2.10.